The van der Waals surface area contributed by atoms with Crippen LogP contribution in [-0.2, 0) is 25.7 Å². The first-order valence-electron chi connectivity index (χ1n) is 8.92. The molecule has 0 bridgehead atoms. The Kier molecular flexibility index (Phi) is 5.14. The Morgan fingerprint density at radius 3 is 2.72 bits per heavy atom. The fraction of sp³-hybridized carbons (Fsp3) is 0.250. The first-order chi connectivity index (χ1) is 13.8. The van der Waals surface area contributed by atoms with Gasteiger partial charge in [0.15, 0.2) is 0 Å². The molecule has 1 aliphatic heterocycles. The second-order valence-corrected chi connectivity index (χ2v) is 7.30. The van der Waals surface area contributed by atoms with E-state index in [1.165, 1.54) is 0 Å². The van der Waals surface area contributed by atoms with Crippen molar-refractivity contribution in [2.45, 2.75) is 25.7 Å². The number of rotatable bonds is 3. The number of fused-ring (bicyclic) bond motifs is 1. The molecule has 0 spiro atoms. The van der Waals surface area contributed by atoms with Gasteiger partial charge in [0.1, 0.15) is 0 Å². The number of aromatic amines is 1. The molecule has 5 nitrogen and oxygen atoms in total. The highest BCUT2D eigenvalue weighted by Gasteiger charge is 2.35. The van der Waals surface area contributed by atoms with Crippen molar-refractivity contribution < 1.29 is 13.2 Å². The molecule has 0 aliphatic carbocycles. The minimum absolute atomic E-state index is 0.215. The van der Waals surface area contributed by atoms with E-state index in [2.05, 4.69) is 9.97 Å². The van der Waals surface area contributed by atoms with Crippen molar-refractivity contribution in [1.29, 1.82) is 0 Å². The SMILES string of the molecule is O=c1[nH]c(C(F)(F)F)nc2c1CN(Cc1ccc(-c3cccc(Cl)c3)nc1)CC2. The van der Waals surface area contributed by atoms with Crippen molar-refractivity contribution in [1.82, 2.24) is 19.9 Å². The van der Waals surface area contributed by atoms with Crippen molar-refractivity contribution >= 4 is 11.6 Å². The minimum atomic E-state index is -4.66. The number of H-pyrrole nitrogens is 1. The lowest BCUT2D eigenvalue weighted by molar-refractivity contribution is -0.145. The molecule has 1 N–H and O–H groups in total. The van der Waals surface area contributed by atoms with Gasteiger partial charge in [0.25, 0.3) is 5.56 Å². The number of nitrogens with one attached hydrogen (secondary N) is 1. The molecule has 0 radical (unpaired) electrons. The van der Waals surface area contributed by atoms with E-state index in [4.69, 9.17) is 11.6 Å². The molecule has 0 amide bonds. The van der Waals surface area contributed by atoms with Crippen LogP contribution in [0.3, 0.4) is 0 Å². The number of benzene rings is 1. The maximum Gasteiger partial charge on any atom is 0.449 e. The quantitative estimate of drug-likeness (QED) is 0.694. The van der Waals surface area contributed by atoms with Crippen LogP contribution in [0.2, 0.25) is 5.02 Å². The lowest BCUT2D eigenvalue weighted by Crippen LogP contribution is -2.36. The van der Waals surface area contributed by atoms with Crippen LogP contribution in [0, 0.1) is 0 Å². The monoisotopic (exact) mass is 420 g/mol. The number of aromatic nitrogens is 3. The molecule has 2 aromatic heterocycles. The Balaban J connectivity index is 1.49. The maximum atomic E-state index is 12.8. The molecule has 0 fully saturated rings. The predicted molar refractivity (Wildman–Crippen MR) is 102 cm³/mol. The first-order valence-corrected chi connectivity index (χ1v) is 9.30. The second kappa shape index (κ2) is 7.61. The average Bonchev–Trinajstić information content (AvgIpc) is 2.68. The fourth-order valence-corrected chi connectivity index (χ4v) is 3.54. The summed E-state index contributed by atoms with van der Waals surface area (Å²) in [4.78, 5) is 24.0. The zero-order valence-electron chi connectivity index (χ0n) is 15.1. The van der Waals surface area contributed by atoms with Gasteiger partial charge in [-0.2, -0.15) is 13.2 Å². The zero-order chi connectivity index (χ0) is 20.6. The zero-order valence-corrected chi connectivity index (χ0v) is 15.9. The Morgan fingerprint density at radius 2 is 2.03 bits per heavy atom. The van der Waals surface area contributed by atoms with Crippen molar-refractivity contribution in [3.63, 3.8) is 0 Å². The summed E-state index contributed by atoms with van der Waals surface area (Å²) in [6.07, 6.45) is -2.63. The van der Waals surface area contributed by atoms with Crippen LogP contribution in [0.25, 0.3) is 11.3 Å². The third-order valence-corrected chi connectivity index (χ3v) is 5.00. The predicted octanol–water partition coefficient (Wildman–Crippen LogP) is 4.06. The largest absolute Gasteiger partial charge is 0.449 e. The molecule has 0 saturated heterocycles. The number of pyridine rings is 1. The van der Waals surface area contributed by atoms with Crippen LogP contribution in [0.4, 0.5) is 13.2 Å². The van der Waals surface area contributed by atoms with Crippen LogP contribution < -0.4 is 5.56 Å². The van der Waals surface area contributed by atoms with Crippen LogP contribution in [0.1, 0.15) is 22.6 Å². The highest BCUT2D eigenvalue weighted by Crippen LogP contribution is 2.27. The standard InChI is InChI=1S/C20H16ClF3N4O/c21-14-3-1-2-13(8-14)16-5-4-12(9-25-16)10-28-7-6-17-15(11-28)18(29)27-19(26-17)20(22,23)24/h1-5,8-9H,6-7,10-11H2,(H,26,27,29). The molecule has 3 heterocycles. The lowest BCUT2D eigenvalue weighted by Gasteiger charge is -2.27. The molecule has 0 saturated carbocycles. The average molecular weight is 421 g/mol. The molecule has 4 rings (SSSR count). The smallest absolute Gasteiger partial charge is 0.303 e. The third kappa shape index (κ3) is 4.33. The van der Waals surface area contributed by atoms with E-state index in [0.717, 1.165) is 16.8 Å². The normalized spacial score (nSPS) is 14.6. The van der Waals surface area contributed by atoms with Crippen LogP contribution in [0.5, 0.6) is 0 Å². The van der Waals surface area contributed by atoms with E-state index in [-0.39, 0.29) is 24.2 Å². The Morgan fingerprint density at radius 1 is 1.21 bits per heavy atom. The van der Waals surface area contributed by atoms with Gasteiger partial charge in [0.05, 0.1) is 17.0 Å². The molecule has 29 heavy (non-hydrogen) atoms. The summed E-state index contributed by atoms with van der Waals surface area (Å²) in [6.45, 7) is 1.28. The minimum Gasteiger partial charge on any atom is -0.303 e. The van der Waals surface area contributed by atoms with Gasteiger partial charge in [-0.25, -0.2) is 4.98 Å². The molecule has 9 heteroatoms. The molecular formula is C20H16ClF3N4O. The van der Waals surface area contributed by atoms with Gasteiger partial charge in [-0.05, 0) is 23.8 Å². The van der Waals surface area contributed by atoms with Gasteiger partial charge >= 0.3 is 6.18 Å². The number of alkyl halides is 3. The van der Waals surface area contributed by atoms with Gasteiger partial charge < -0.3 is 4.98 Å². The van der Waals surface area contributed by atoms with Crippen LogP contribution in [-0.4, -0.2) is 26.4 Å². The topological polar surface area (TPSA) is 61.9 Å². The first kappa shape index (κ1) is 19.6. The second-order valence-electron chi connectivity index (χ2n) is 6.86. The summed E-state index contributed by atoms with van der Waals surface area (Å²) >= 11 is 6.01. The van der Waals surface area contributed by atoms with E-state index in [1.807, 2.05) is 40.2 Å². The third-order valence-electron chi connectivity index (χ3n) is 4.77. The number of halogens is 4. The Bertz CT molecular complexity index is 1100. The van der Waals surface area contributed by atoms with E-state index >= 15 is 0 Å². The van der Waals surface area contributed by atoms with Crippen molar-refractivity contribution in [3.05, 3.63) is 80.6 Å². The summed E-state index contributed by atoms with van der Waals surface area (Å²) in [5.74, 6) is -1.24. The number of hydrogen-bond acceptors (Lipinski definition) is 4. The van der Waals surface area contributed by atoms with Crippen LogP contribution >= 0.6 is 11.6 Å². The molecule has 1 aromatic carbocycles. The van der Waals surface area contributed by atoms with Gasteiger partial charge in [-0.3, -0.25) is 14.7 Å². The van der Waals surface area contributed by atoms with E-state index in [9.17, 15) is 18.0 Å². The molecule has 1 aliphatic rings. The Hall–Kier alpha value is -2.71. The summed E-state index contributed by atoms with van der Waals surface area (Å²) < 4.78 is 38.5. The fourth-order valence-electron chi connectivity index (χ4n) is 3.34. The van der Waals surface area contributed by atoms with Gasteiger partial charge in [0, 0.05) is 42.8 Å². The molecule has 0 atom stereocenters. The van der Waals surface area contributed by atoms with Crippen molar-refractivity contribution in [2.75, 3.05) is 6.54 Å². The highest BCUT2D eigenvalue weighted by atomic mass is 35.5. The van der Waals surface area contributed by atoms with Crippen molar-refractivity contribution in [2.24, 2.45) is 0 Å². The van der Waals surface area contributed by atoms with Gasteiger partial charge in [0.2, 0.25) is 5.82 Å². The molecule has 150 valence electrons. The summed E-state index contributed by atoms with van der Waals surface area (Å²) in [6, 6.07) is 11.2. The number of hydrogen-bond donors (Lipinski definition) is 1. The number of nitrogens with zero attached hydrogens (tertiary/aromatic N) is 3. The molecule has 3 aromatic rings. The summed E-state index contributed by atoms with van der Waals surface area (Å²) in [5, 5.41) is 0.632. The lowest BCUT2D eigenvalue weighted by atomic mass is 10.1. The van der Waals surface area contributed by atoms with Gasteiger partial charge in [-0.1, -0.05) is 29.8 Å². The summed E-state index contributed by atoms with van der Waals surface area (Å²) in [7, 11) is 0. The maximum absolute atomic E-state index is 12.8. The molecule has 0 unspecified atom stereocenters. The van der Waals surface area contributed by atoms with E-state index < -0.39 is 17.6 Å². The Labute approximate surface area is 169 Å². The summed E-state index contributed by atoms with van der Waals surface area (Å²) in [5.41, 5.74) is 2.41. The van der Waals surface area contributed by atoms with E-state index in [0.29, 0.717) is 18.1 Å². The highest BCUT2D eigenvalue weighted by molar-refractivity contribution is 6.30. The van der Waals surface area contributed by atoms with Crippen molar-refractivity contribution in [3.8, 4) is 11.3 Å². The molecular weight excluding hydrogens is 405 g/mol. The van der Waals surface area contributed by atoms with Gasteiger partial charge in [-0.15, -0.1) is 0 Å². The van der Waals surface area contributed by atoms with E-state index in [1.54, 1.807) is 12.3 Å². The van der Waals surface area contributed by atoms with Crippen LogP contribution in [0.15, 0.2) is 47.4 Å².